The van der Waals surface area contributed by atoms with Gasteiger partial charge in [0.05, 0.1) is 27.5 Å². The van der Waals surface area contributed by atoms with E-state index in [-0.39, 0.29) is 11.6 Å². The molecule has 0 bridgehead atoms. The summed E-state index contributed by atoms with van der Waals surface area (Å²) in [6, 6.07) is 33.1. The highest BCUT2D eigenvalue weighted by Crippen LogP contribution is 2.56. The number of ether oxygens (including phenoxy) is 3. The maximum Gasteiger partial charge on any atom is 0.190 e. The van der Waals surface area contributed by atoms with E-state index in [0.29, 0.717) is 28.7 Å². The SMILES string of the molecule is COc1ccc([P+](CCCCCCCCCCC2=C(C)C(=O)c3ccccc3C2=O)(c2ccc(OC)cc2)c2ccc(OC)cc2)cc1. The molecule has 0 atom stereocenters. The van der Waals surface area contributed by atoms with Crippen molar-refractivity contribution in [3.05, 3.63) is 119 Å². The third-order valence-corrected chi connectivity index (χ3v) is 14.2. The number of carbonyl (C=O) groups excluding carboxylic acids is 2. The Labute approximate surface area is 286 Å². The van der Waals surface area contributed by atoms with Crippen LogP contribution in [0.25, 0.3) is 0 Å². The zero-order valence-corrected chi connectivity index (χ0v) is 29.7. The first kappa shape index (κ1) is 35.1. The monoisotopic (exact) mass is 663 g/mol. The minimum absolute atomic E-state index is 0.00219. The second-order valence-electron chi connectivity index (χ2n) is 12.5. The Morgan fingerprint density at radius 3 is 1.27 bits per heavy atom. The van der Waals surface area contributed by atoms with Gasteiger partial charge in [-0.3, -0.25) is 9.59 Å². The molecular formula is C42H48O5P+. The van der Waals surface area contributed by atoms with Gasteiger partial charge in [0.1, 0.15) is 40.4 Å². The Morgan fingerprint density at radius 2 is 0.854 bits per heavy atom. The summed E-state index contributed by atoms with van der Waals surface area (Å²) in [5.74, 6) is 2.60. The summed E-state index contributed by atoms with van der Waals surface area (Å²) in [5.41, 5.74) is 2.42. The van der Waals surface area contributed by atoms with E-state index in [1.165, 1.54) is 41.6 Å². The van der Waals surface area contributed by atoms with Gasteiger partial charge in [-0.2, -0.15) is 0 Å². The third kappa shape index (κ3) is 7.74. The second kappa shape index (κ2) is 16.8. The highest BCUT2D eigenvalue weighted by Gasteiger charge is 2.45. The smallest absolute Gasteiger partial charge is 0.190 e. The minimum Gasteiger partial charge on any atom is -0.497 e. The lowest BCUT2D eigenvalue weighted by Crippen LogP contribution is -2.33. The fourth-order valence-corrected chi connectivity index (χ4v) is 11.2. The van der Waals surface area contributed by atoms with Crippen molar-refractivity contribution in [3.63, 3.8) is 0 Å². The zero-order chi connectivity index (χ0) is 33.9. The molecule has 0 amide bonds. The molecule has 4 aromatic rings. The van der Waals surface area contributed by atoms with Gasteiger partial charge >= 0.3 is 0 Å². The molecule has 6 heteroatoms. The number of allylic oxidation sites excluding steroid dienone is 2. The van der Waals surface area contributed by atoms with Crippen molar-refractivity contribution in [2.75, 3.05) is 27.5 Å². The molecule has 0 unspecified atom stereocenters. The predicted octanol–water partition coefficient (Wildman–Crippen LogP) is 8.91. The number of carbonyl (C=O) groups is 2. The summed E-state index contributed by atoms with van der Waals surface area (Å²) in [5, 5.41) is 4.02. The van der Waals surface area contributed by atoms with Crippen molar-refractivity contribution in [1.29, 1.82) is 0 Å². The minimum atomic E-state index is -1.99. The number of fused-ring (bicyclic) bond motifs is 1. The Bertz CT molecular complexity index is 1590. The van der Waals surface area contributed by atoms with Gasteiger partial charge in [0.25, 0.3) is 0 Å². The summed E-state index contributed by atoms with van der Waals surface area (Å²) in [6.45, 7) is 1.81. The lowest BCUT2D eigenvalue weighted by molar-refractivity contribution is 0.0971. The van der Waals surface area contributed by atoms with E-state index in [1.54, 1.807) is 40.4 Å². The molecule has 5 nitrogen and oxygen atoms in total. The van der Waals surface area contributed by atoms with Gasteiger partial charge in [0.15, 0.2) is 11.6 Å². The van der Waals surface area contributed by atoms with Crippen LogP contribution in [0.5, 0.6) is 17.2 Å². The second-order valence-corrected chi connectivity index (χ2v) is 16.1. The first-order valence-corrected chi connectivity index (χ1v) is 19.1. The molecule has 0 saturated heterocycles. The number of unbranched alkanes of at least 4 members (excludes halogenated alkanes) is 7. The number of benzene rings is 4. The Morgan fingerprint density at radius 1 is 0.479 bits per heavy atom. The molecule has 0 aromatic heterocycles. The lowest BCUT2D eigenvalue weighted by Gasteiger charge is -2.28. The first-order chi connectivity index (χ1) is 23.4. The highest BCUT2D eigenvalue weighted by molar-refractivity contribution is 7.95. The molecule has 250 valence electrons. The first-order valence-electron chi connectivity index (χ1n) is 17.1. The molecule has 1 aliphatic carbocycles. The van der Waals surface area contributed by atoms with E-state index in [1.807, 2.05) is 12.1 Å². The molecule has 48 heavy (non-hydrogen) atoms. The van der Waals surface area contributed by atoms with Gasteiger partial charge in [-0.05, 0) is 105 Å². The quantitative estimate of drug-likeness (QED) is 0.0834. The molecule has 0 aliphatic heterocycles. The number of hydrogen-bond acceptors (Lipinski definition) is 5. The Kier molecular flexibility index (Phi) is 12.3. The van der Waals surface area contributed by atoms with E-state index >= 15 is 0 Å². The molecule has 4 aromatic carbocycles. The van der Waals surface area contributed by atoms with Crippen LogP contribution in [-0.4, -0.2) is 39.1 Å². The fraction of sp³-hybridized carbons (Fsp3) is 0.333. The van der Waals surface area contributed by atoms with Crippen molar-refractivity contribution in [2.24, 2.45) is 0 Å². The molecule has 0 heterocycles. The van der Waals surface area contributed by atoms with Crippen molar-refractivity contribution in [1.82, 2.24) is 0 Å². The average molecular weight is 664 g/mol. The van der Waals surface area contributed by atoms with Crippen LogP contribution in [-0.2, 0) is 0 Å². The van der Waals surface area contributed by atoms with E-state index in [0.717, 1.165) is 49.1 Å². The number of ketones is 2. The number of Topliss-reactive ketones (excluding diaryl/α,β-unsaturated/α-hetero) is 2. The fourth-order valence-electron chi connectivity index (χ4n) is 6.91. The van der Waals surface area contributed by atoms with Gasteiger partial charge in [0, 0.05) is 22.3 Å². The zero-order valence-electron chi connectivity index (χ0n) is 28.8. The van der Waals surface area contributed by atoms with Gasteiger partial charge < -0.3 is 14.2 Å². The van der Waals surface area contributed by atoms with Crippen LogP contribution in [0.4, 0.5) is 0 Å². The predicted molar refractivity (Wildman–Crippen MR) is 199 cm³/mol. The van der Waals surface area contributed by atoms with Gasteiger partial charge in [0.2, 0.25) is 0 Å². The van der Waals surface area contributed by atoms with Gasteiger partial charge in [-0.25, -0.2) is 0 Å². The molecule has 0 saturated carbocycles. The summed E-state index contributed by atoms with van der Waals surface area (Å²) < 4.78 is 16.6. The van der Waals surface area contributed by atoms with Gasteiger partial charge in [-0.1, -0.05) is 56.4 Å². The molecule has 0 spiro atoms. The van der Waals surface area contributed by atoms with E-state index in [9.17, 15) is 9.59 Å². The maximum absolute atomic E-state index is 13.0. The van der Waals surface area contributed by atoms with Crippen molar-refractivity contribution in [2.45, 2.75) is 64.7 Å². The standard InChI is InChI=1S/C42H48O5P/c1-31-38(42(44)40-17-13-12-16-39(40)41(31)43)15-11-9-7-5-6-8-10-14-30-48(35-24-18-32(45-2)19-25-35,36-26-20-33(46-3)21-27-36)37-28-22-34(47-4)23-29-37/h12-13,16-29H,5-11,14-15,30H2,1-4H3/q+1. The highest BCUT2D eigenvalue weighted by atomic mass is 31.2. The van der Waals surface area contributed by atoms with Gasteiger partial charge in [-0.15, -0.1) is 0 Å². The largest absolute Gasteiger partial charge is 0.497 e. The van der Waals surface area contributed by atoms with Crippen LogP contribution in [0.3, 0.4) is 0 Å². The summed E-state index contributed by atoms with van der Waals surface area (Å²) >= 11 is 0. The maximum atomic E-state index is 13.0. The summed E-state index contributed by atoms with van der Waals surface area (Å²) in [4.78, 5) is 25.8. The normalized spacial score (nSPS) is 13.0. The molecular weight excluding hydrogens is 615 g/mol. The summed E-state index contributed by atoms with van der Waals surface area (Å²) in [7, 11) is 3.14. The van der Waals surface area contributed by atoms with E-state index < -0.39 is 7.26 Å². The molecule has 0 radical (unpaired) electrons. The number of hydrogen-bond donors (Lipinski definition) is 0. The van der Waals surface area contributed by atoms with Crippen LogP contribution >= 0.6 is 7.26 Å². The summed E-state index contributed by atoms with van der Waals surface area (Å²) in [6.07, 6.45) is 10.8. The van der Waals surface area contributed by atoms with Crippen molar-refractivity contribution in [3.8, 4) is 17.2 Å². The number of rotatable bonds is 17. The molecule has 5 rings (SSSR count). The molecule has 0 fully saturated rings. The van der Waals surface area contributed by atoms with Crippen molar-refractivity contribution >= 4 is 34.7 Å². The Balaban J connectivity index is 1.19. The van der Waals surface area contributed by atoms with Crippen LogP contribution in [0, 0.1) is 0 Å². The Hall–Kier alpha value is -4.21. The van der Waals surface area contributed by atoms with Crippen LogP contribution in [0.1, 0.15) is 85.4 Å². The third-order valence-electron chi connectivity index (χ3n) is 9.69. The van der Waals surface area contributed by atoms with Crippen LogP contribution in [0.15, 0.2) is 108 Å². The molecule has 1 aliphatic rings. The average Bonchev–Trinajstić information content (AvgIpc) is 3.14. The van der Waals surface area contributed by atoms with E-state index in [4.69, 9.17) is 14.2 Å². The number of methoxy groups -OCH3 is 3. The lowest BCUT2D eigenvalue weighted by atomic mass is 9.82. The molecule has 0 N–H and O–H groups in total. The van der Waals surface area contributed by atoms with Crippen LogP contribution in [0.2, 0.25) is 0 Å². The topological polar surface area (TPSA) is 61.8 Å². The van der Waals surface area contributed by atoms with Crippen LogP contribution < -0.4 is 30.1 Å². The van der Waals surface area contributed by atoms with Crippen molar-refractivity contribution < 1.29 is 23.8 Å². The van der Waals surface area contributed by atoms with E-state index in [2.05, 4.69) is 72.8 Å².